The lowest BCUT2D eigenvalue weighted by Crippen LogP contribution is -2.19. The molecule has 1 saturated heterocycles. The maximum atomic E-state index is 4.94. The molecule has 27 heavy (non-hydrogen) atoms. The van der Waals surface area contributed by atoms with E-state index in [1.165, 1.54) is 17.5 Å². The molecule has 1 fully saturated rings. The van der Waals surface area contributed by atoms with Crippen LogP contribution in [0.1, 0.15) is 12.8 Å². The van der Waals surface area contributed by atoms with Crippen molar-refractivity contribution in [1.29, 1.82) is 0 Å². The topological polar surface area (TPSA) is 53.9 Å². The van der Waals surface area contributed by atoms with E-state index in [0.717, 1.165) is 47.3 Å². The first-order valence-electron chi connectivity index (χ1n) is 9.15. The molecule has 0 radical (unpaired) electrons. The summed E-state index contributed by atoms with van der Waals surface area (Å²) in [7, 11) is 0. The number of anilines is 3. The van der Waals surface area contributed by atoms with Crippen LogP contribution in [0.15, 0.2) is 60.1 Å². The van der Waals surface area contributed by atoms with Crippen LogP contribution in [0.2, 0.25) is 0 Å². The van der Waals surface area contributed by atoms with Crippen molar-refractivity contribution < 1.29 is 0 Å². The minimum atomic E-state index is 0.751. The lowest BCUT2D eigenvalue weighted by Gasteiger charge is -2.18. The van der Waals surface area contributed by atoms with Gasteiger partial charge in [-0.25, -0.2) is 15.0 Å². The van der Waals surface area contributed by atoms with E-state index >= 15 is 0 Å². The number of nitrogens with one attached hydrogen (secondary N) is 1. The van der Waals surface area contributed by atoms with E-state index in [1.807, 2.05) is 42.5 Å². The van der Waals surface area contributed by atoms with Crippen molar-refractivity contribution in [2.45, 2.75) is 12.8 Å². The van der Waals surface area contributed by atoms with Crippen LogP contribution in [-0.2, 0) is 0 Å². The first-order chi connectivity index (χ1) is 13.4. The Morgan fingerprint density at radius 1 is 0.963 bits per heavy atom. The van der Waals surface area contributed by atoms with Gasteiger partial charge in [-0.1, -0.05) is 18.2 Å². The largest absolute Gasteiger partial charge is 0.355 e. The first kappa shape index (κ1) is 16.2. The van der Waals surface area contributed by atoms with E-state index in [-0.39, 0.29) is 0 Å². The summed E-state index contributed by atoms with van der Waals surface area (Å²) in [5.74, 6) is 2.61. The van der Waals surface area contributed by atoms with Crippen molar-refractivity contribution in [3.05, 3.63) is 60.1 Å². The number of rotatable bonds is 4. The summed E-state index contributed by atoms with van der Waals surface area (Å²) < 4.78 is 1.18. The van der Waals surface area contributed by atoms with Gasteiger partial charge in [0.05, 0.1) is 10.2 Å². The molecule has 0 aliphatic carbocycles. The SMILES string of the molecule is c1ccc(Nc2cc(-c3nc(N4CCCC4)c4sccc4n3)ccn2)cc1. The molecule has 1 aliphatic rings. The monoisotopic (exact) mass is 373 g/mol. The standard InChI is InChI=1S/C21H19N5S/c1-2-6-16(7-3-1)23-18-14-15(8-10-22-18)20-24-17-9-13-27-19(17)21(25-20)26-11-4-5-12-26/h1-3,6-10,13-14H,4-5,11-12H2,(H,22,23). The summed E-state index contributed by atoms with van der Waals surface area (Å²) in [4.78, 5) is 16.6. The number of hydrogen-bond acceptors (Lipinski definition) is 6. The lowest BCUT2D eigenvalue weighted by atomic mass is 10.2. The summed E-state index contributed by atoms with van der Waals surface area (Å²) in [5.41, 5.74) is 2.99. The number of nitrogens with zero attached hydrogens (tertiary/aromatic N) is 4. The van der Waals surface area contributed by atoms with Crippen LogP contribution in [0.3, 0.4) is 0 Å². The fourth-order valence-corrected chi connectivity index (χ4v) is 4.28. The van der Waals surface area contributed by atoms with Gasteiger partial charge in [-0.05, 0) is 48.6 Å². The second-order valence-electron chi connectivity index (χ2n) is 6.62. The Balaban J connectivity index is 1.54. The van der Waals surface area contributed by atoms with Crippen LogP contribution in [0.5, 0.6) is 0 Å². The molecule has 1 aliphatic heterocycles. The van der Waals surface area contributed by atoms with E-state index in [0.29, 0.717) is 0 Å². The predicted molar refractivity (Wildman–Crippen MR) is 112 cm³/mol. The summed E-state index contributed by atoms with van der Waals surface area (Å²) >= 11 is 1.72. The summed E-state index contributed by atoms with van der Waals surface area (Å²) in [6.45, 7) is 2.14. The fourth-order valence-electron chi connectivity index (χ4n) is 3.43. The molecule has 4 aromatic rings. The highest BCUT2D eigenvalue weighted by Crippen LogP contribution is 2.33. The number of benzene rings is 1. The van der Waals surface area contributed by atoms with Crippen LogP contribution >= 0.6 is 11.3 Å². The van der Waals surface area contributed by atoms with Crippen molar-refractivity contribution >= 4 is 38.9 Å². The molecule has 6 heteroatoms. The van der Waals surface area contributed by atoms with Crippen LogP contribution in [0.4, 0.5) is 17.3 Å². The minimum Gasteiger partial charge on any atom is -0.355 e. The van der Waals surface area contributed by atoms with Gasteiger partial charge in [0.1, 0.15) is 5.82 Å². The number of thiophene rings is 1. The molecule has 3 aromatic heterocycles. The second kappa shape index (κ2) is 6.96. The highest BCUT2D eigenvalue weighted by Gasteiger charge is 2.19. The summed E-state index contributed by atoms with van der Waals surface area (Å²) in [6.07, 6.45) is 4.26. The van der Waals surface area contributed by atoms with Gasteiger partial charge in [-0.3, -0.25) is 0 Å². The maximum Gasteiger partial charge on any atom is 0.162 e. The van der Waals surface area contributed by atoms with Gasteiger partial charge < -0.3 is 10.2 Å². The van der Waals surface area contributed by atoms with Gasteiger partial charge >= 0.3 is 0 Å². The fraction of sp³-hybridized carbons (Fsp3) is 0.190. The van der Waals surface area contributed by atoms with Gasteiger partial charge in [-0.2, -0.15) is 0 Å². The van der Waals surface area contributed by atoms with Crippen molar-refractivity contribution in [2.24, 2.45) is 0 Å². The number of aromatic nitrogens is 3. The van der Waals surface area contributed by atoms with Crippen LogP contribution in [-0.4, -0.2) is 28.0 Å². The Hall–Kier alpha value is -2.99. The van der Waals surface area contributed by atoms with E-state index in [4.69, 9.17) is 9.97 Å². The Kier molecular flexibility index (Phi) is 4.18. The van der Waals surface area contributed by atoms with Gasteiger partial charge in [0.2, 0.25) is 0 Å². The van der Waals surface area contributed by atoms with E-state index in [9.17, 15) is 0 Å². The summed E-state index contributed by atoms with van der Waals surface area (Å²) in [5, 5.41) is 5.44. The smallest absolute Gasteiger partial charge is 0.162 e. The van der Waals surface area contributed by atoms with Crippen molar-refractivity contribution in [1.82, 2.24) is 15.0 Å². The van der Waals surface area contributed by atoms with Gasteiger partial charge in [-0.15, -0.1) is 11.3 Å². The third kappa shape index (κ3) is 3.24. The molecule has 5 nitrogen and oxygen atoms in total. The van der Waals surface area contributed by atoms with Crippen molar-refractivity contribution in [3.63, 3.8) is 0 Å². The number of para-hydroxylation sites is 1. The lowest BCUT2D eigenvalue weighted by molar-refractivity contribution is 0.943. The average molecular weight is 373 g/mol. The highest BCUT2D eigenvalue weighted by atomic mass is 32.1. The zero-order valence-electron chi connectivity index (χ0n) is 14.8. The third-order valence-corrected chi connectivity index (χ3v) is 5.66. The van der Waals surface area contributed by atoms with Gasteiger partial charge in [0.15, 0.2) is 11.6 Å². The number of pyridine rings is 1. The van der Waals surface area contributed by atoms with Crippen molar-refractivity contribution in [3.8, 4) is 11.4 Å². The molecule has 0 atom stereocenters. The molecule has 0 spiro atoms. The quantitative estimate of drug-likeness (QED) is 0.539. The molecule has 1 N–H and O–H groups in total. The third-order valence-electron chi connectivity index (χ3n) is 4.76. The molecule has 0 amide bonds. The molecular formula is C21H19N5S. The molecule has 1 aromatic carbocycles. The predicted octanol–water partition coefficient (Wildman–Crippen LogP) is 5.10. The molecule has 0 bridgehead atoms. The average Bonchev–Trinajstić information content (AvgIpc) is 3.40. The normalized spacial score (nSPS) is 14.0. The molecule has 0 saturated carbocycles. The highest BCUT2D eigenvalue weighted by molar-refractivity contribution is 7.17. The molecule has 134 valence electrons. The molecule has 5 rings (SSSR count). The van der Waals surface area contributed by atoms with E-state index in [2.05, 4.69) is 26.6 Å². The van der Waals surface area contributed by atoms with Crippen LogP contribution < -0.4 is 10.2 Å². The number of hydrogen-bond donors (Lipinski definition) is 1. The Morgan fingerprint density at radius 3 is 2.67 bits per heavy atom. The molecular weight excluding hydrogens is 354 g/mol. The van der Waals surface area contributed by atoms with Gasteiger partial charge in [0.25, 0.3) is 0 Å². The molecule has 0 unspecified atom stereocenters. The Bertz CT molecular complexity index is 1070. The van der Waals surface area contributed by atoms with Crippen LogP contribution in [0, 0.1) is 0 Å². The second-order valence-corrected chi connectivity index (χ2v) is 7.54. The maximum absolute atomic E-state index is 4.94. The zero-order valence-corrected chi connectivity index (χ0v) is 15.6. The summed E-state index contributed by atoms with van der Waals surface area (Å²) in [6, 6.07) is 16.1. The Morgan fingerprint density at radius 2 is 1.81 bits per heavy atom. The number of fused-ring (bicyclic) bond motifs is 1. The van der Waals surface area contributed by atoms with Crippen LogP contribution in [0.25, 0.3) is 21.6 Å². The Labute approximate surface area is 161 Å². The first-order valence-corrected chi connectivity index (χ1v) is 10.0. The van der Waals surface area contributed by atoms with E-state index in [1.54, 1.807) is 17.5 Å². The minimum absolute atomic E-state index is 0.751. The van der Waals surface area contributed by atoms with Gasteiger partial charge in [0, 0.05) is 30.5 Å². The van der Waals surface area contributed by atoms with E-state index < -0.39 is 0 Å². The van der Waals surface area contributed by atoms with Crippen molar-refractivity contribution in [2.75, 3.05) is 23.3 Å². The zero-order chi connectivity index (χ0) is 18.1. The molecule has 4 heterocycles.